The second kappa shape index (κ2) is 5.25. The van der Waals surface area contributed by atoms with E-state index in [4.69, 9.17) is 0 Å². The predicted octanol–water partition coefficient (Wildman–Crippen LogP) is 2.52. The van der Waals surface area contributed by atoms with Crippen LogP contribution in [-0.4, -0.2) is 17.7 Å². The summed E-state index contributed by atoms with van der Waals surface area (Å²) in [5.41, 5.74) is 0.343. The lowest BCUT2D eigenvalue weighted by molar-refractivity contribution is 0.0947. The molecule has 22 heavy (non-hydrogen) atoms. The Kier molecular flexibility index (Phi) is 3.40. The third-order valence-corrected chi connectivity index (χ3v) is 3.45. The number of nitrogens with zero attached hydrogens (tertiary/aromatic N) is 1. The Morgan fingerprint density at radius 3 is 2.50 bits per heavy atom. The highest BCUT2D eigenvalue weighted by Crippen LogP contribution is 2.29. The summed E-state index contributed by atoms with van der Waals surface area (Å²) in [7, 11) is 0. The van der Waals surface area contributed by atoms with E-state index in [1.54, 1.807) is 0 Å². The van der Waals surface area contributed by atoms with Crippen molar-refractivity contribution < 1.29 is 23.1 Å². The average molecular weight is 308 g/mol. The molecule has 0 saturated heterocycles. The molecule has 2 N–H and O–H groups in total. The maximum atomic E-state index is 13.7. The summed E-state index contributed by atoms with van der Waals surface area (Å²) in [6, 6.07) is 5.36. The number of phenols is 1. The van der Waals surface area contributed by atoms with Gasteiger partial charge in [0.05, 0.1) is 24.5 Å². The SMILES string of the molecule is O=C1NCN(Cc2c(F)cc(F)cc2F)c2ccc(O)cc21. The molecule has 1 amide bonds. The standard InChI is InChI=1S/C15H11F3N2O2/c16-8-3-12(17)11(13(18)4-8)6-20-7-19-15(22)10-5-9(21)1-2-14(10)20/h1-5,21H,6-7H2,(H,19,22). The molecular weight excluding hydrogens is 297 g/mol. The number of anilines is 1. The monoisotopic (exact) mass is 308 g/mol. The van der Waals surface area contributed by atoms with Crippen LogP contribution in [0.2, 0.25) is 0 Å². The van der Waals surface area contributed by atoms with E-state index in [0.29, 0.717) is 17.8 Å². The van der Waals surface area contributed by atoms with Crippen molar-refractivity contribution in [2.24, 2.45) is 0 Å². The van der Waals surface area contributed by atoms with Crippen LogP contribution in [0.4, 0.5) is 18.9 Å². The Balaban J connectivity index is 1.98. The van der Waals surface area contributed by atoms with Gasteiger partial charge in [-0.15, -0.1) is 0 Å². The molecule has 0 aliphatic carbocycles. The Labute approximate surface area is 123 Å². The number of nitrogens with one attached hydrogen (secondary N) is 1. The zero-order valence-electron chi connectivity index (χ0n) is 11.2. The van der Waals surface area contributed by atoms with E-state index in [-0.39, 0.29) is 36.0 Å². The molecule has 2 aromatic carbocycles. The number of hydrogen-bond acceptors (Lipinski definition) is 3. The number of benzene rings is 2. The molecule has 0 bridgehead atoms. The number of hydrogen-bond donors (Lipinski definition) is 2. The lowest BCUT2D eigenvalue weighted by Gasteiger charge is -2.31. The summed E-state index contributed by atoms with van der Waals surface area (Å²) in [5.74, 6) is -3.45. The molecule has 7 heteroatoms. The number of rotatable bonds is 2. The fourth-order valence-electron chi connectivity index (χ4n) is 2.38. The molecule has 0 fully saturated rings. The van der Waals surface area contributed by atoms with E-state index in [2.05, 4.69) is 5.32 Å². The van der Waals surface area contributed by atoms with E-state index in [9.17, 15) is 23.1 Å². The van der Waals surface area contributed by atoms with Crippen LogP contribution in [0.1, 0.15) is 15.9 Å². The molecule has 0 spiro atoms. The number of carbonyl (C=O) groups is 1. The Morgan fingerprint density at radius 1 is 1.14 bits per heavy atom. The topological polar surface area (TPSA) is 52.6 Å². The van der Waals surface area contributed by atoms with Crippen LogP contribution >= 0.6 is 0 Å². The molecular formula is C15H11F3N2O2. The normalized spacial score (nSPS) is 13.8. The molecule has 1 aliphatic rings. The van der Waals surface area contributed by atoms with E-state index in [1.165, 1.54) is 23.1 Å². The van der Waals surface area contributed by atoms with Gasteiger partial charge < -0.3 is 15.3 Å². The Morgan fingerprint density at radius 2 is 1.82 bits per heavy atom. The van der Waals surface area contributed by atoms with E-state index in [0.717, 1.165) is 0 Å². The highest BCUT2D eigenvalue weighted by atomic mass is 19.1. The molecule has 0 saturated carbocycles. The molecule has 2 aromatic rings. The van der Waals surface area contributed by atoms with Crippen LogP contribution in [-0.2, 0) is 6.54 Å². The van der Waals surface area contributed by atoms with Crippen LogP contribution in [0.15, 0.2) is 30.3 Å². The molecule has 114 valence electrons. The van der Waals surface area contributed by atoms with Gasteiger partial charge in [0.25, 0.3) is 5.91 Å². The molecule has 3 rings (SSSR count). The summed E-state index contributed by atoms with van der Waals surface area (Å²) in [6.07, 6.45) is 0. The third-order valence-electron chi connectivity index (χ3n) is 3.45. The maximum absolute atomic E-state index is 13.7. The van der Waals surface area contributed by atoms with Crippen LogP contribution in [0, 0.1) is 17.5 Å². The van der Waals surface area contributed by atoms with Crippen molar-refractivity contribution in [2.45, 2.75) is 6.54 Å². The largest absolute Gasteiger partial charge is 0.508 e. The van der Waals surface area contributed by atoms with Crippen molar-refractivity contribution in [3.63, 3.8) is 0 Å². The number of fused-ring (bicyclic) bond motifs is 1. The second-order valence-corrected chi connectivity index (χ2v) is 4.91. The van der Waals surface area contributed by atoms with Gasteiger partial charge in [-0.3, -0.25) is 4.79 Å². The zero-order chi connectivity index (χ0) is 15.9. The molecule has 1 heterocycles. The Hall–Kier alpha value is -2.70. The highest BCUT2D eigenvalue weighted by molar-refractivity contribution is 6.01. The van der Waals surface area contributed by atoms with Gasteiger partial charge in [0.2, 0.25) is 0 Å². The first kappa shape index (κ1) is 14.2. The molecule has 0 radical (unpaired) electrons. The maximum Gasteiger partial charge on any atom is 0.254 e. The first-order valence-corrected chi connectivity index (χ1v) is 6.45. The fourth-order valence-corrected chi connectivity index (χ4v) is 2.38. The van der Waals surface area contributed by atoms with E-state index >= 15 is 0 Å². The van der Waals surface area contributed by atoms with Gasteiger partial charge in [-0.05, 0) is 18.2 Å². The van der Waals surface area contributed by atoms with Crippen molar-refractivity contribution in [2.75, 3.05) is 11.6 Å². The summed E-state index contributed by atoms with van der Waals surface area (Å²) in [6.45, 7) is -0.136. The smallest absolute Gasteiger partial charge is 0.254 e. The third kappa shape index (κ3) is 2.45. The lowest BCUT2D eigenvalue weighted by Crippen LogP contribution is -2.43. The minimum Gasteiger partial charge on any atom is -0.508 e. The van der Waals surface area contributed by atoms with Gasteiger partial charge in [-0.2, -0.15) is 0 Å². The highest BCUT2D eigenvalue weighted by Gasteiger charge is 2.25. The summed E-state index contributed by atoms with van der Waals surface area (Å²) >= 11 is 0. The predicted molar refractivity (Wildman–Crippen MR) is 72.9 cm³/mol. The first-order chi connectivity index (χ1) is 10.5. The van der Waals surface area contributed by atoms with Crippen LogP contribution in [0.3, 0.4) is 0 Å². The minimum atomic E-state index is -0.991. The quantitative estimate of drug-likeness (QED) is 0.896. The number of aromatic hydroxyl groups is 1. The fraction of sp³-hybridized carbons (Fsp3) is 0.133. The first-order valence-electron chi connectivity index (χ1n) is 6.45. The zero-order valence-corrected chi connectivity index (χ0v) is 11.2. The average Bonchev–Trinajstić information content (AvgIpc) is 2.45. The molecule has 0 aromatic heterocycles. The van der Waals surface area contributed by atoms with Crippen molar-refractivity contribution in [3.8, 4) is 5.75 Å². The number of halogens is 3. The summed E-state index contributed by atoms with van der Waals surface area (Å²) in [5, 5.41) is 12.0. The molecule has 4 nitrogen and oxygen atoms in total. The minimum absolute atomic E-state index is 0.0485. The van der Waals surface area contributed by atoms with Gasteiger partial charge in [-0.1, -0.05) is 0 Å². The molecule has 1 aliphatic heterocycles. The number of amides is 1. The van der Waals surface area contributed by atoms with Gasteiger partial charge >= 0.3 is 0 Å². The van der Waals surface area contributed by atoms with Crippen LogP contribution in [0.25, 0.3) is 0 Å². The van der Waals surface area contributed by atoms with Crippen LogP contribution < -0.4 is 10.2 Å². The Bertz CT molecular complexity index is 741. The number of phenolic OH excluding ortho intramolecular Hbond substituents is 1. The van der Waals surface area contributed by atoms with Crippen LogP contribution in [0.5, 0.6) is 5.75 Å². The van der Waals surface area contributed by atoms with E-state index in [1.807, 2.05) is 0 Å². The van der Waals surface area contributed by atoms with Gasteiger partial charge in [0.1, 0.15) is 23.2 Å². The van der Waals surface area contributed by atoms with Gasteiger partial charge in [0.15, 0.2) is 0 Å². The summed E-state index contributed by atoms with van der Waals surface area (Å²) < 4.78 is 40.4. The van der Waals surface area contributed by atoms with Crippen molar-refractivity contribution in [1.29, 1.82) is 0 Å². The van der Waals surface area contributed by atoms with Gasteiger partial charge in [0, 0.05) is 17.7 Å². The second-order valence-electron chi connectivity index (χ2n) is 4.91. The van der Waals surface area contributed by atoms with Crippen molar-refractivity contribution >= 4 is 11.6 Å². The van der Waals surface area contributed by atoms with Gasteiger partial charge in [-0.25, -0.2) is 13.2 Å². The number of carbonyl (C=O) groups excluding carboxylic acids is 1. The van der Waals surface area contributed by atoms with Crippen molar-refractivity contribution in [3.05, 3.63) is 58.9 Å². The van der Waals surface area contributed by atoms with Crippen molar-refractivity contribution in [1.82, 2.24) is 5.32 Å². The molecule has 0 unspecified atom stereocenters. The van der Waals surface area contributed by atoms with E-state index < -0.39 is 17.5 Å². The molecule has 0 atom stereocenters. The summed E-state index contributed by atoms with van der Waals surface area (Å²) in [4.78, 5) is 13.3. The lowest BCUT2D eigenvalue weighted by atomic mass is 10.1.